The summed E-state index contributed by atoms with van der Waals surface area (Å²) >= 11 is 0. The molecule has 6 rings (SSSR count). The van der Waals surface area contributed by atoms with Crippen molar-refractivity contribution in [3.8, 4) is 0 Å². The molecule has 1 N–H and O–H groups in total. The molecule has 3 saturated heterocycles. The Kier molecular flexibility index (Phi) is 13.1. The van der Waals surface area contributed by atoms with Gasteiger partial charge in [-0.2, -0.15) is 0 Å². The van der Waals surface area contributed by atoms with Gasteiger partial charge in [0.05, 0.1) is 30.8 Å². The molecule has 0 bridgehead atoms. The van der Waals surface area contributed by atoms with Gasteiger partial charge in [-0.25, -0.2) is 0 Å². The van der Waals surface area contributed by atoms with Crippen LogP contribution in [-0.2, 0) is 47.5 Å². The van der Waals surface area contributed by atoms with Crippen LogP contribution in [0.25, 0.3) is 0 Å². The Hall–Kier alpha value is -1.70. The first-order chi connectivity index (χ1) is 24.6. The van der Waals surface area contributed by atoms with Crippen molar-refractivity contribution in [3.05, 3.63) is 23.8 Å². The molecule has 51 heavy (non-hydrogen) atoms. The number of hydrogen-bond acceptors (Lipinski definition) is 11. The topological polar surface area (TPSA) is 120 Å². The van der Waals surface area contributed by atoms with Crippen LogP contribution in [0.1, 0.15) is 85.5 Å². The summed E-state index contributed by atoms with van der Waals surface area (Å²) in [5, 5.41) is 3.34. The number of methoxy groups -OCH3 is 3. The van der Waals surface area contributed by atoms with E-state index in [1.165, 1.54) is 0 Å². The van der Waals surface area contributed by atoms with E-state index in [0.717, 1.165) is 50.5 Å². The van der Waals surface area contributed by atoms with E-state index in [-0.39, 0.29) is 103 Å². The molecule has 4 fully saturated rings. The summed E-state index contributed by atoms with van der Waals surface area (Å²) in [5.74, 6) is 0.0185. The lowest BCUT2D eigenvalue weighted by Gasteiger charge is -2.44. The second-order valence-corrected chi connectivity index (χ2v) is 15.9. The zero-order valence-electron chi connectivity index (χ0n) is 32.0. The van der Waals surface area contributed by atoms with Crippen LogP contribution in [0.5, 0.6) is 0 Å². The molecule has 3 aliphatic carbocycles. The van der Waals surface area contributed by atoms with E-state index in [9.17, 15) is 9.59 Å². The molecule has 288 valence electrons. The molecular formula is C40H63NO10. The molecule has 17 atom stereocenters. The molecule has 11 heteroatoms. The van der Waals surface area contributed by atoms with Crippen molar-refractivity contribution in [2.75, 3.05) is 28.4 Å². The van der Waals surface area contributed by atoms with Crippen LogP contribution in [-0.4, -0.2) is 108 Å². The fraction of sp³-hybridized carbons (Fsp3) is 0.850. The molecule has 0 aromatic carbocycles. The Labute approximate surface area is 304 Å². The maximum absolute atomic E-state index is 14.6. The molecule has 0 amide bonds. The normalized spacial score (nSPS) is 46.3. The maximum Gasteiger partial charge on any atom is 0.306 e. The quantitative estimate of drug-likeness (QED) is 0.252. The first kappa shape index (κ1) is 39.0. The fourth-order valence-electron chi connectivity index (χ4n) is 10.1. The number of fused-ring (bicyclic) bond motifs is 5. The van der Waals surface area contributed by atoms with Crippen LogP contribution < -0.4 is 5.32 Å². The number of cyclic esters (lactones) is 1. The van der Waals surface area contributed by atoms with Gasteiger partial charge in [-0.3, -0.25) is 9.59 Å². The minimum absolute atomic E-state index is 0.0241. The minimum atomic E-state index is -0.593. The Morgan fingerprint density at radius 3 is 2.29 bits per heavy atom. The van der Waals surface area contributed by atoms with Crippen molar-refractivity contribution in [3.63, 3.8) is 0 Å². The Bertz CT molecular complexity index is 1260. The smallest absolute Gasteiger partial charge is 0.306 e. The van der Waals surface area contributed by atoms with Crippen molar-refractivity contribution >= 4 is 11.8 Å². The molecule has 3 aliphatic heterocycles. The third kappa shape index (κ3) is 8.21. The highest BCUT2D eigenvalue weighted by atomic mass is 16.7. The number of likely N-dealkylation sites (N-methyl/N-ethyl adjacent to an activating group) is 1. The third-order valence-electron chi connectivity index (χ3n) is 13.0. The number of hydrogen-bond donors (Lipinski definition) is 1. The number of ether oxygens (including phenoxy) is 8. The summed E-state index contributed by atoms with van der Waals surface area (Å²) in [5.41, 5.74) is 0.761. The molecule has 0 aromatic heterocycles. The standard InChI is InChI=1S/C40H63NO10/c1-9-25-11-10-12-33(51-35-16-15-32(41-5)22(3)47-35)21(2)36(43)31-19-29-27(30(31)20-34(42)49-25)14-13-24-17-26(18-28(24)29)50-40-39(46-8)38(45-7)37(44-6)23(4)48-40/h13-14,19,21-30,32-33,35,37-41H,9-12,15-18,20H2,1-8H3/t21-,22+,23+,24-,25+,26-,27-,28-,29-,30+,32+,33+,35+,37+,38-,39-,40+/m1/s1. The van der Waals surface area contributed by atoms with Crippen molar-refractivity contribution < 1.29 is 47.5 Å². The molecule has 3 heterocycles. The zero-order chi connectivity index (χ0) is 36.4. The summed E-state index contributed by atoms with van der Waals surface area (Å²) in [4.78, 5) is 28.1. The predicted octanol–water partition coefficient (Wildman–Crippen LogP) is 5.15. The van der Waals surface area contributed by atoms with Crippen molar-refractivity contribution in [2.24, 2.45) is 35.5 Å². The van der Waals surface area contributed by atoms with E-state index in [1.807, 2.05) is 20.9 Å². The molecule has 0 aromatic rings. The Morgan fingerprint density at radius 2 is 1.61 bits per heavy atom. The van der Waals surface area contributed by atoms with Gasteiger partial charge in [0.25, 0.3) is 0 Å². The lowest BCUT2D eigenvalue weighted by Crippen LogP contribution is -2.59. The van der Waals surface area contributed by atoms with Gasteiger partial charge >= 0.3 is 5.97 Å². The summed E-state index contributed by atoms with van der Waals surface area (Å²) in [6.07, 6.45) is 10.8. The van der Waals surface area contributed by atoms with Gasteiger partial charge in [0.1, 0.15) is 24.4 Å². The van der Waals surface area contributed by atoms with Gasteiger partial charge in [-0.1, -0.05) is 32.1 Å². The van der Waals surface area contributed by atoms with Crippen molar-refractivity contribution in [2.45, 2.75) is 153 Å². The largest absolute Gasteiger partial charge is 0.462 e. The van der Waals surface area contributed by atoms with Crippen LogP contribution in [0.4, 0.5) is 0 Å². The van der Waals surface area contributed by atoms with Crippen LogP contribution in [0.2, 0.25) is 0 Å². The fourth-order valence-corrected chi connectivity index (χ4v) is 10.1. The summed E-state index contributed by atoms with van der Waals surface area (Å²) < 4.78 is 49.4. The molecule has 0 radical (unpaired) electrons. The molecule has 6 aliphatic rings. The third-order valence-corrected chi connectivity index (χ3v) is 13.0. The predicted molar refractivity (Wildman–Crippen MR) is 190 cm³/mol. The first-order valence-corrected chi connectivity index (χ1v) is 19.6. The lowest BCUT2D eigenvalue weighted by molar-refractivity contribution is -0.314. The zero-order valence-corrected chi connectivity index (χ0v) is 32.0. The molecule has 11 nitrogen and oxygen atoms in total. The number of carbonyl (C=O) groups excluding carboxylic acids is 2. The Balaban J connectivity index is 1.21. The highest BCUT2D eigenvalue weighted by Gasteiger charge is 2.52. The number of carbonyl (C=O) groups is 2. The van der Waals surface area contributed by atoms with Gasteiger partial charge in [-0.05, 0) is 102 Å². The molecule has 1 saturated carbocycles. The maximum atomic E-state index is 14.6. The lowest BCUT2D eigenvalue weighted by atomic mass is 9.70. The average Bonchev–Trinajstić information content (AvgIpc) is 3.70. The number of Topliss-reactive ketones (excluding diaryl/α,β-unsaturated/α-hetero) is 1. The highest BCUT2D eigenvalue weighted by Crippen LogP contribution is 2.54. The molecular weight excluding hydrogens is 654 g/mol. The SMILES string of the molecule is CC[C@H]1CCC[C@H](O[C@H]2CC[C@H](NC)[C@H](C)O2)[C@@H](C)C(=O)C2=C[C@@H]3[C@@H](C=C[C@@H]4C[C@@H](O[C@@H]5O[C@@H](C)[C@H](OC)[C@@H](OC)[C@H]5OC)C[C@@H]34)[C@@H]2CC(=O)O1. The van der Waals surface area contributed by atoms with E-state index in [2.05, 4.69) is 37.4 Å². The first-order valence-electron chi connectivity index (χ1n) is 19.6. The van der Waals surface area contributed by atoms with Crippen molar-refractivity contribution in [1.82, 2.24) is 5.32 Å². The van der Waals surface area contributed by atoms with E-state index in [0.29, 0.717) is 12.3 Å². The minimum Gasteiger partial charge on any atom is -0.462 e. The van der Waals surface area contributed by atoms with Gasteiger partial charge in [-0.15, -0.1) is 0 Å². The number of allylic oxidation sites excluding steroid dienone is 4. The van der Waals surface area contributed by atoms with Gasteiger partial charge < -0.3 is 43.2 Å². The number of ketones is 1. The van der Waals surface area contributed by atoms with E-state index in [1.54, 1.807) is 21.3 Å². The van der Waals surface area contributed by atoms with Gasteiger partial charge in [0.15, 0.2) is 18.4 Å². The van der Waals surface area contributed by atoms with E-state index in [4.69, 9.17) is 37.9 Å². The van der Waals surface area contributed by atoms with Gasteiger partial charge in [0.2, 0.25) is 0 Å². The van der Waals surface area contributed by atoms with E-state index >= 15 is 0 Å². The van der Waals surface area contributed by atoms with Crippen LogP contribution in [0.3, 0.4) is 0 Å². The summed E-state index contributed by atoms with van der Waals surface area (Å²) in [6.45, 7) is 8.12. The summed E-state index contributed by atoms with van der Waals surface area (Å²) in [7, 11) is 6.93. The number of esters is 1. The number of rotatable bonds is 9. The Morgan fingerprint density at radius 1 is 0.843 bits per heavy atom. The monoisotopic (exact) mass is 717 g/mol. The van der Waals surface area contributed by atoms with Crippen LogP contribution in [0.15, 0.2) is 23.8 Å². The summed E-state index contributed by atoms with van der Waals surface area (Å²) in [6, 6.07) is 0.288. The average molecular weight is 718 g/mol. The van der Waals surface area contributed by atoms with Gasteiger partial charge in [0, 0.05) is 39.2 Å². The number of nitrogens with one attached hydrogen (secondary N) is 1. The van der Waals surface area contributed by atoms with Crippen LogP contribution in [0, 0.1) is 35.5 Å². The molecule has 0 spiro atoms. The molecule has 0 unspecified atom stereocenters. The second kappa shape index (κ2) is 17.2. The highest BCUT2D eigenvalue weighted by molar-refractivity contribution is 5.99. The van der Waals surface area contributed by atoms with Crippen molar-refractivity contribution in [1.29, 1.82) is 0 Å². The second-order valence-electron chi connectivity index (χ2n) is 15.9. The van der Waals surface area contributed by atoms with E-state index < -0.39 is 12.4 Å². The van der Waals surface area contributed by atoms with Crippen LogP contribution >= 0.6 is 0 Å².